The second-order valence-corrected chi connectivity index (χ2v) is 6.20. The van der Waals surface area contributed by atoms with Crippen molar-refractivity contribution in [3.05, 3.63) is 91.0 Å². The maximum Gasteiger partial charge on any atom is 0.293 e. The molecule has 0 aliphatic carbocycles. The normalized spacial score (nSPS) is 11.1. The number of imidazole rings is 1. The Morgan fingerprint density at radius 1 is 0.692 bits per heavy atom. The molecular weight excluding hydrogens is 320 g/mol. The molecule has 0 fully saturated rings. The SMILES string of the molecule is c1ccc(-c2cc(-[n+]3c(-c4ccccc4)[nH]c4ccccc43)n[nH]2)cc1. The van der Waals surface area contributed by atoms with Crippen LogP contribution in [0.5, 0.6) is 0 Å². The molecule has 0 saturated carbocycles. The lowest BCUT2D eigenvalue weighted by Gasteiger charge is -1.99. The average Bonchev–Trinajstić information content (AvgIpc) is 3.34. The van der Waals surface area contributed by atoms with Gasteiger partial charge in [-0.25, -0.2) is 5.10 Å². The molecule has 26 heavy (non-hydrogen) atoms. The highest BCUT2D eigenvalue weighted by Crippen LogP contribution is 2.22. The lowest BCUT2D eigenvalue weighted by atomic mass is 10.1. The van der Waals surface area contributed by atoms with Gasteiger partial charge in [-0.05, 0) is 29.4 Å². The second kappa shape index (κ2) is 6.01. The molecule has 0 amide bonds. The summed E-state index contributed by atoms with van der Waals surface area (Å²) in [6, 6.07) is 30.9. The van der Waals surface area contributed by atoms with Crippen LogP contribution in [0.2, 0.25) is 0 Å². The molecule has 0 spiro atoms. The van der Waals surface area contributed by atoms with Gasteiger partial charge in [-0.2, -0.15) is 4.57 Å². The number of nitrogens with one attached hydrogen (secondary N) is 2. The lowest BCUT2D eigenvalue weighted by molar-refractivity contribution is -0.558. The number of hydrogen-bond donors (Lipinski definition) is 2. The van der Waals surface area contributed by atoms with Crippen molar-refractivity contribution in [3.8, 4) is 28.5 Å². The van der Waals surface area contributed by atoms with Crippen molar-refractivity contribution in [3.63, 3.8) is 0 Å². The van der Waals surface area contributed by atoms with Gasteiger partial charge in [0, 0.05) is 17.2 Å². The smallest absolute Gasteiger partial charge is 0.269 e. The van der Waals surface area contributed by atoms with Crippen LogP contribution in [-0.4, -0.2) is 15.2 Å². The zero-order valence-corrected chi connectivity index (χ0v) is 14.1. The Hall–Kier alpha value is -3.66. The Morgan fingerprint density at radius 3 is 2.12 bits per heavy atom. The van der Waals surface area contributed by atoms with E-state index in [-0.39, 0.29) is 0 Å². The van der Waals surface area contributed by atoms with E-state index in [0.29, 0.717) is 0 Å². The van der Waals surface area contributed by atoms with Crippen LogP contribution in [0.3, 0.4) is 0 Å². The summed E-state index contributed by atoms with van der Waals surface area (Å²) >= 11 is 0. The standard InChI is InChI=1S/C22H16N4/c1-3-9-16(10-4-1)19-15-21(25-24-19)26-20-14-8-7-13-18(20)23-22(26)17-11-5-2-6-12-17/h1-15H,(H,24,25)/p+1. The number of rotatable bonds is 3. The number of fused-ring (bicyclic) bond motifs is 1. The molecule has 2 aromatic heterocycles. The van der Waals surface area contributed by atoms with Crippen LogP contribution in [0.15, 0.2) is 91.0 Å². The van der Waals surface area contributed by atoms with Gasteiger partial charge in [0.05, 0.1) is 5.69 Å². The summed E-state index contributed by atoms with van der Waals surface area (Å²) in [5.41, 5.74) is 5.41. The fourth-order valence-electron chi connectivity index (χ4n) is 3.30. The van der Waals surface area contributed by atoms with Gasteiger partial charge in [-0.1, -0.05) is 60.7 Å². The molecule has 5 rings (SSSR count). The summed E-state index contributed by atoms with van der Waals surface area (Å²) in [7, 11) is 0. The van der Waals surface area contributed by atoms with Crippen LogP contribution in [-0.2, 0) is 0 Å². The molecule has 0 aliphatic heterocycles. The Bertz CT molecular complexity index is 1170. The molecule has 4 nitrogen and oxygen atoms in total. The van der Waals surface area contributed by atoms with Crippen molar-refractivity contribution in [1.82, 2.24) is 15.2 Å². The van der Waals surface area contributed by atoms with Crippen molar-refractivity contribution >= 4 is 11.0 Å². The Morgan fingerprint density at radius 2 is 1.35 bits per heavy atom. The molecule has 5 aromatic rings. The highest BCUT2D eigenvalue weighted by molar-refractivity contribution is 5.75. The summed E-state index contributed by atoms with van der Waals surface area (Å²) in [5.74, 6) is 1.87. The van der Waals surface area contributed by atoms with Gasteiger partial charge in [-0.3, -0.25) is 4.98 Å². The first-order valence-electron chi connectivity index (χ1n) is 8.59. The topological polar surface area (TPSA) is 48.4 Å². The molecule has 0 unspecified atom stereocenters. The number of hydrogen-bond acceptors (Lipinski definition) is 1. The maximum atomic E-state index is 4.59. The van der Waals surface area contributed by atoms with E-state index in [1.807, 2.05) is 48.5 Å². The summed E-state index contributed by atoms with van der Waals surface area (Å²) in [6.45, 7) is 0. The highest BCUT2D eigenvalue weighted by Gasteiger charge is 2.22. The van der Waals surface area contributed by atoms with Crippen molar-refractivity contribution in [2.45, 2.75) is 0 Å². The van der Waals surface area contributed by atoms with Crippen molar-refractivity contribution in [1.29, 1.82) is 0 Å². The number of para-hydroxylation sites is 2. The first-order valence-corrected chi connectivity index (χ1v) is 8.59. The summed E-state index contributed by atoms with van der Waals surface area (Å²) < 4.78 is 2.16. The Labute approximate surface area is 150 Å². The largest absolute Gasteiger partial charge is 0.293 e. The van der Waals surface area contributed by atoms with E-state index in [4.69, 9.17) is 0 Å². The highest BCUT2D eigenvalue weighted by atomic mass is 15.2. The predicted octanol–water partition coefficient (Wildman–Crippen LogP) is 4.50. The lowest BCUT2D eigenvalue weighted by Crippen LogP contribution is -2.32. The van der Waals surface area contributed by atoms with E-state index in [0.717, 1.165) is 39.5 Å². The number of nitrogens with zero attached hydrogens (tertiary/aromatic N) is 2. The van der Waals surface area contributed by atoms with Crippen molar-refractivity contribution in [2.24, 2.45) is 0 Å². The van der Waals surface area contributed by atoms with Gasteiger partial charge in [0.1, 0.15) is 11.0 Å². The van der Waals surface area contributed by atoms with E-state index >= 15 is 0 Å². The Kier molecular flexibility index (Phi) is 3.39. The van der Waals surface area contributed by atoms with E-state index in [1.54, 1.807) is 0 Å². The van der Waals surface area contributed by atoms with E-state index in [9.17, 15) is 0 Å². The minimum Gasteiger partial charge on any atom is -0.269 e. The van der Waals surface area contributed by atoms with E-state index < -0.39 is 0 Å². The van der Waals surface area contributed by atoms with E-state index in [1.165, 1.54) is 0 Å². The molecule has 0 bridgehead atoms. The fraction of sp³-hybridized carbons (Fsp3) is 0. The number of aromatic nitrogens is 4. The minimum atomic E-state index is 0.861. The number of aromatic amines is 2. The van der Waals surface area contributed by atoms with Gasteiger partial charge >= 0.3 is 0 Å². The zero-order valence-electron chi connectivity index (χ0n) is 14.1. The monoisotopic (exact) mass is 337 g/mol. The van der Waals surface area contributed by atoms with Crippen LogP contribution < -0.4 is 4.57 Å². The molecule has 3 aromatic carbocycles. The van der Waals surface area contributed by atoms with Crippen LogP contribution >= 0.6 is 0 Å². The van der Waals surface area contributed by atoms with Gasteiger partial charge in [0.2, 0.25) is 5.82 Å². The predicted molar refractivity (Wildman–Crippen MR) is 103 cm³/mol. The molecule has 2 N–H and O–H groups in total. The van der Waals surface area contributed by atoms with Crippen LogP contribution in [0.25, 0.3) is 39.5 Å². The molecule has 0 radical (unpaired) electrons. The van der Waals surface area contributed by atoms with Crippen LogP contribution in [0, 0.1) is 0 Å². The van der Waals surface area contributed by atoms with Crippen LogP contribution in [0.4, 0.5) is 0 Å². The van der Waals surface area contributed by atoms with Gasteiger partial charge in [0.25, 0.3) is 5.82 Å². The molecule has 0 atom stereocenters. The summed E-state index contributed by atoms with van der Waals surface area (Å²) in [6.07, 6.45) is 0. The molecule has 0 saturated heterocycles. The molecule has 124 valence electrons. The van der Waals surface area contributed by atoms with Crippen molar-refractivity contribution in [2.75, 3.05) is 0 Å². The zero-order chi connectivity index (χ0) is 17.3. The minimum absolute atomic E-state index is 0.861. The quantitative estimate of drug-likeness (QED) is 0.468. The summed E-state index contributed by atoms with van der Waals surface area (Å²) in [5, 5.41) is 7.76. The average molecular weight is 337 g/mol. The third kappa shape index (κ3) is 2.40. The Balaban J connectivity index is 1.73. The molecule has 2 heterocycles. The number of H-pyrrole nitrogens is 2. The second-order valence-electron chi connectivity index (χ2n) is 6.20. The number of benzene rings is 3. The molecule has 4 heteroatoms. The van der Waals surface area contributed by atoms with Crippen LogP contribution in [0.1, 0.15) is 0 Å². The third-order valence-corrected chi connectivity index (χ3v) is 4.55. The van der Waals surface area contributed by atoms with Gasteiger partial charge in [-0.15, -0.1) is 0 Å². The first kappa shape index (κ1) is 14.7. The molecule has 0 aliphatic rings. The van der Waals surface area contributed by atoms with Gasteiger partial charge < -0.3 is 0 Å². The maximum absolute atomic E-state index is 4.59. The van der Waals surface area contributed by atoms with Gasteiger partial charge in [0.15, 0.2) is 0 Å². The third-order valence-electron chi connectivity index (χ3n) is 4.55. The molecular formula is C22H17N4+. The van der Waals surface area contributed by atoms with E-state index in [2.05, 4.69) is 62.2 Å². The fourth-order valence-corrected chi connectivity index (χ4v) is 3.30. The van der Waals surface area contributed by atoms with Crippen molar-refractivity contribution < 1.29 is 4.57 Å². The summed E-state index contributed by atoms with van der Waals surface area (Å²) in [4.78, 5) is 3.54. The first-order chi connectivity index (χ1) is 12.9.